The van der Waals surface area contributed by atoms with E-state index in [2.05, 4.69) is 15.2 Å². The lowest BCUT2D eigenvalue weighted by atomic mass is 10.1. The summed E-state index contributed by atoms with van der Waals surface area (Å²) in [6.07, 6.45) is 4.34. The molecule has 0 aliphatic heterocycles. The number of furan rings is 1. The second kappa shape index (κ2) is 6.76. The van der Waals surface area contributed by atoms with Crippen LogP contribution in [0.4, 0.5) is 0 Å². The van der Waals surface area contributed by atoms with Crippen molar-refractivity contribution in [2.75, 3.05) is 7.05 Å². The zero-order valence-corrected chi connectivity index (χ0v) is 15.3. The molecule has 7 heteroatoms. The zero-order valence-electron chi connectivity index (χ0n) is 14.5. The summed E-state index contributed by atoms with van der Waals surface area (Å²) in [5.74, 6) is 0.791. The van der Waals surface area contributed by atoms with E-state index in [4.69, 9.17) is 4.42 Å². The van der Waals surface area contributed by atoms with Crippen LogP contribution < -0.4 is 0 Å². The van der Waals surface area contributed by atoms with E-state index in [-0.39, 0.29) is 11.9 Å². The first-order valence-electron chi connectivity index (χ1n) is 8.32. The molecular formula is C19H18N4O2S. The molecule has 4 aromatic rings. The van der Waals surface area contributed by atoms with Crippen molar-refractivity contribution in [2.24, 2.45) is 0 Å². The highest BCUT2D eigenvalue weighted by molar-refractivity contribution is 7.21. The van der Waals surface area contributed by atoms with Crippen LogP contribution in [0.25, 0.3) is 21.0 Å². The first kappa shape index (κ1) is 16.5. The lowest BCUT2D eigenvalue weighted by Gasteiger charge is -2.23. The van der Waals surface area contributed by atoms with Gasteiger partial charge in [0, 0.05) is 19.3 Å². The van der Waals surface area contributed by atoms with Crippen molar-refractivity contribution in [2.45, 2.75) is 19.4 Å². The maximum Gasteiger partial charge on any atom is 0.289 e. The molecule has 3 heterocycles. The van der Waals surface area contributed by atoms with E-state index in [1.54, 1.807) is 41.6 Å². The third-order valence-electron chi connectivity index (χ3n) is 4.39. The number of benzene rings is 1. The van der Waals surface area contributed by atoms with Gasteiger partial charge in [0.2, 0.25) is 0 Å². The maximum absolute atomic E-state index is 12.7. The molecule has 6 nitrogen and oxygen atoms in total. The van der Waals surface area contributed by atoms with Crippen LogP contribution >= 0.6 is 11.3 Å². The Morgan fingerprint density at radius 2 is 2.15 bits per heavy atom. The van der Waals surface area contributed by atoms with E-state index >= 15 is 0 Å². The van der Waals surface area contributed by atoms with E-state index in [1.807, 2.05) is 37.4 Å². The molecule has 0 saturated heterocycles. The number of likely N-dealkylation sites (N-methyl/N-ethyl adjacent to an activating group) is 1. The molecule has 0 radical (unpaired) electrons. The number of hydrogen-bond acceptors (Lipinski definition) is 5. The fourth-order valence-electron chi connectivity index (χ4n) is 2.79. The van der Waals surface area contributed by atoms with E-state index in [1.165, 1.54) is 0 Å². The molecule has 1 atom stereocenters. The van der Waals surface area contributed by atoms with Gasteiger partial charge >= 0.3 is 0 Å². The Labute approximate surface area is 154 Å². The van der Waals surface area contributed by atoms with E-state index in [9.17, 15) is 4.79 Å². The van der Waals surface area contributed by atoms with Crippen molar-refractivity contribution in [1.82, 2.24) is 20.1 Å². The second-order valence-corrected chi connectivity index (χ2v) is 7.26. The second-order valence-electron chi connectivity index (χ2n) is 6.23. The summed E-state index contributed by atoms with van der Waals surface area (Å²) in [4.78, 5) is 19.0. The Kier molecular flexibility index (Phi) is 4.30. The van der Waals surface area contributed by atoms with Crippen LogP contribution in [0.15, 0.2) is 53.2 Å². The van der Waals surface area contributed by atoms with E-state index < -0.39 is 0 Å². The summed E-state index contributed by atoms with van der Waals surface area (Å²) in [5.41, 5.74) is 1.99. The third kappa shape index (κ3) is 3.13. The number of nitrogens with one attached hydrogen (secondary N) is 1. The van der Waals surface area contributed by atoms with Crippen LogP contribution in [0, 0.1) is 0 Å². The molecule has 0 aliphatic rings. The SMILES string of the molecule is CC(Cc1cn[nH]c1)N(C)C(=O)c1ccc(-c2nc3ccccc3s2)o1. The Bertz CT molecular complexity index is 1000. The molecule has 3 aromatic heterocycles. The molecular weight excluding hydrogens is 348 g/mol. The van der Waals surface area contributed by atoms with Gasteiger partial charge in [-0.2, -0.15) is 5.10 Å². The number of carbonyl (C=O) groups is 1. The average Bonchev–Trinajstić information content (AvgIpc) is 3.39. The minimum atomic E-state index is -0.145. The lowest BCUT2D eigenvalue weighted by Crippen LogP contribution is -2.36. The van der Waals surface area contributed by atoms with Crippen LogP contribution in [0.1, 0.15) is 23.0 Å². The van der Waals surface area contributed by atoms with Crippen molar-refractivity contribution in [1.29, 1.82) is 0 Å². The zero-order chi connectivity index (χ0) is 18.1. The monoisotopic (exact) mass is 366 g/mol. The van der Waals surface area contributed by atoms with Gasteiger partial charge in [0.25, 0.3) is 5.91 Å². The van der Waals surface area contributed by atoms with Crippen molar-refractivity contribution in [3.63, 3.8) is 0 Å². The normalized spacial score (nSPS) is 12.4. The smallest absolute Gasteiger partial charge is 0.289 e. The number of fused-ring (bicyclic) bond motifs is 1. The largest absolute Gasteiger partial charge is 0.448 e. The number of aromatic amines is 1. The summed E-state index contributed by atoms with van der Waals surface area (Å²) in [6, 6.07) is 11.5. The van der Waals surface area contributed by atoms with Gasteiger partial charge in [0.1, 0.15) is 0 Å². The van der Waals surface area contributed by atoms with E-state index in [0.717, 1.165) is 27.2 Å². The summed E-state index contributed by atoms with van der Waals surface area (Å²) < 4.78 is 6.90. The van der Waals surface area contributed by atoms with Gasteiger partial charge in [0.15, 0.2) is 16.5 Å². The number of nitrogens with zero attached hydrogens (tertiary/aromatic N) is 3. The van der Waals surface area contributed by atoms with Crippen molar-refractivity contribution in [3.8, 4) is 10.8 Å². The molecule has 0 aliphatic carbocycles. The molecule has 1 aromatic carbocycles. The van der Waals surface area contributed by atoms with Crippen molar-refractivity contribution >= 4 is 27.5 Å². The number of aromatic nitrogens is 3. The minimum Gasteiger partial charge on any atom is -0.448 e. The minimum absolute atomic E-state index is 0.0242. The summed E-state index contributed by atoms with van der Waals surface area (Å²) >= 11 is 1.55. The van der Waals surface area contributed by atoms with Crippen LogP contribution in [0.5, 0.6) is 0 Å². The highest BCUT2D eigenvalue weighted by atomic mass is 32.1. The molecule has 0 bridgehead atoms. The standard InChI is InChI=1S/C19H18N4O2S/c1-12(9-13-10-20-21-11-13)23(2)19(24)16-8-7-15(25-16)18-22-14-5-3-4-6-17(14)26-18/h3-8,10-12H,9H2,1-2H3,(H,20,21). The Morgan fingerprint density at radius 3 is 2.92 bits per heavy atom. The van der Waals surface area contributed by atoms with Gasteiger partial charge in [-0.05, 0) is 43.2 Å². The Hall–Kier alpha value is -2.93. The molecule has 1 unspecified atom stereocenters. The first-order chi connectivity index (χ1) is 12.6. The van der Waals surface area contributed by atoms with Gasteiger partial charge in [0.05, 0.1) is 16.4 Å². The fourth-order valence-corrected chi connectivity index (χ4v) is 3.71. The molecule has 26 heavy (non-hydrogen) atoms. The summed E-state index contributed by atoms with van der Waals surface area (Å²) in [5, 5.41) is 7.51. The first-order valence-corrected chi connectivity index (χ1v) is 9.14. The molecule has 0 saturated carbocycles. The molecule has 0 spiro atoms. The number of hydrogen-bond donors (Lipinski definition) is 1. The summed E-state index contributed by atoms with van der Waals surface area (Å²) in [6.45, 7) is 2.00. The highest BCUT2D eigenvalue weighted by Gasteiger charge is 2.22. The molecule has 1 amide bonds. The van der Waals surface area contributed by atoms with Crippen molar-refractivity contribution < 1.29 is 9.21 Å². The van der Waals surface area contributed by atoms with Crippen LogP contribution in [0.2, 0.25) is 0 Å². The van der Waals surface area contributed by atoms with Gasteiger partial charge in [-0.15, -0.1) is 11.3 Å². The van der Waals surface area contributed by atoms with Crippen LogP contribution in [0.3, 0.4) is 0 Å². The lowest BCUT2D eigenvalue weighted by molar-refractivity contribution is 0.0712. The molecule has 4 rings (SSSR count). The molecule has 0 fully saturated rings. The van der Waals surface area contributed by atoms with Gasteiger partial charge in [-0.3, -0.25) is 9.89 Å². The number of thiazole rings is 1. The predicted octanol–water partition coefficient (Wildman–Crippen LogP) is 3.98. The molecule has 1 N–H and O–H groups in total. The number of carbonyl (C=O) groups excluding carboxylic acids is 1. The number of amides is 1. The Morgan fingerprint density at radius 1 is 1.31 bits per heavy atom. The predicted molar refractivity (Wildman–Crippen MR) is 101 cm³/mol. The number of H-pyrrole nitrogens is 1. The van der Waals surface area contributed by atoms with Gasteiger partial charge in [-0.25, -0.2) is 4.98 Å². The Balaban J connectivity index is 1.52. The number of rotatable bonds is 5. The van der Waals surface area contributed by atoms with Crippen molar-refractivity contribution in [3.05, 3.63) is 60.1 Å². The highest BCUT2D eigenvalue weighted by Crippen LogP contribution is 2.31. The van der Waals surface area contributed by atoms with Gasteiger partial charge in [-0.1, -0.05) is 12.1 Å². The van der Waals surface area contributed by atoms with Gasteiger partial charge < -0.3 is 9.32 Å². The number of para-hydroxylation sites is 1. The topological polar surface area (TPSA) is 75.0 Å². The quantitative estimate of drug-likeness (QED) is 0.580. The average molecular weight is 366 g/mol. The van der Waals surface area contributed by atoms with Crippen LogP contribution in [-0.4, -0.2) is 39.1 Å². The third-order valence-corrected chi connectivity index (χ3v) is 5.44. The summed E-state index contributed by atoms with van der Waals surface area (Å²) in [7, 11) is 1.78. The fraction of sp³-hybridized carbons (Fsp3) is 0.211. The maximum atomic E-state index is 12.7. The van der Waals surface area contributed by atoms with Crippen LogP contribution in [-0.2, 0) is 6.42 Å². The van der Waals surface area contributed by atoms with E-state index in [0.29, 0.717) is 11.5 Å². The molecule has 132 valence electrons.